The quantitative estimate of drug-likeness (QED) is 0.447. The molecule has 0 saturated carbocycles. The first-order valence-electron chi connectivity index (χ1n) is 11.9. The number of aryl methyl sites for hydroxylation is 1. The Kier molecular flexibility index (Phi) is 7.86. The van der Waals surface area contributed by atoms with Gasteiger partial charge in [-0.2, -0.15) is 0 Å². The summed E-state index contributed by atoms with van der Waals surface area (Å²) < 4.78 is 17.2. The first-order valence-corrected chi connectivity index (χ1v) is 11.9. The van der Waals surface area contributed by atoms with E-state index in [1.54, 1.807) is 14.2 Å². The zero-order valence-electron chi connectivity index (χ0n) is 19.2. The van der Waals surface area contributed by atoms with E-state index in [2.05, 4.69) is 22.3 Å². The molecule has 1 aliphatic heterocycles. The molecule has 0 radical (unpaired) electrons. The van der Waals surface area contributed by atoms with Gasteiger partial charge >= 0.3 is 0 Å². The molecule has 0 bridgehead atoms. The molecule has 0 spiro atoms. The summed E-state index contributed by atoms with van der Waals surface area (Å²) in [6.07, 6.45) is 9.49. The maximum Gasteiger partial charge on any atom is 0.163 e. The van der Waals surface area contributed by atoms with E-state index in [4.69, 9.17) is 19.2 Å². The number of methoxy groups -OCH3 is 2. The van der Waals surface area contributed by atoms with E-state index in [9.17, 15) is 0 Å². The number of fused-ring (bicyclic) bond motifs is 2. The van der Waals surface area contributed by atoms with Crippen molar-refractivity contribution in [3.8, 4) is 11.5 Å². The highest BCUT2D eigenvalue weighted by molar-refractivity contribution is 5.95. The molecule has 2 heterocycles. The molecule has 1 aromatic carbocycles. The highest BCUT2D eigenvalue weighted by Crippen LogP contribution is 2.39. The van der Waals surface area contributed by atoms with Crippen LogP contribution in [-0.4, -0.2) is 63.5 Å². The van der Waals surface area contributed by atoms with Crippen molar-refractivity contribution in [2.24, 2.45) is 0 Å². The van der Waals surface area contributed by atoms with Crippen LogP contribution in [0.4, 0.5) is 5.69 Å². The lowest BCUT2D eigenvalue weighted by molar-refractivity contribution is 0.211. The van der Waals surface area contributed by atoms with Gasteiger partial charge in [0.1, 0.15) is 0 Å². The predicted molar refractivity (Wildman–Crippen MR) is 126 cm³/mol. The van der Waals surface area contributed by atoms with Crippen LogP contribution < -0.4 is 14.8 Å². The SMILES string of the molecule is COCCNc1c2c(nc3cc(OCCCN4CCCC4)c(OC)cc13)CCCCC2. The Hall–Kier alpha value is -2.05. The monoisotopic (exact) mass is 427 g/mol. The van der Waals surface area contributed by atoms with Gasteiger partial charge in [-0.1, -0.05) is 6.42 Å². The lowest BCUT2D eigenvalue weighted by atomic mass is 10.0. The van der Waals surface area contributed by atoms with Crippen LogP contribution in [0.2, 0.25) is 0 Å². The topological polar surface area (TPSA) is 55.8 Å². The average molecular weight is 428 g/mol. The van der Waals surface area contributed by atoms with Crippen LogP contribution >= 0.6 is 0 Å². The molecule has 0 unspecified atom stereocenters. The van der Waals surface area contributed by atoms with Gasteiger partial charge in [-0.3, -0.25) is 4.98 Å². The average Bonchev–Trinajstić information content (AvgIpc) is 3.20. The number of aromatic nitrogens is 1. The van der Waals surface area contributed by atoms with Crippen molar-refractivity contribution in [1.29, 1.82) is 0 Å². The number of anilines is 1. The largest absolute Gasteiger partial charge is 0.493 e. The van der Waals surface area contributed by atoms with Crippen LogP contribution in [-0.2, 0) is 17.6 Å². The summed E-state index contributed by atoms with van der Waals surface area (Å²) in [6.45, 7) is 5.71. The molecule has 4 rings (SSSR count). The standard InChI is InChI=1S/C25H37N3O3/c1-29-16-11-26-25-19-9-4-3-5-10-21(19)27-22-18-24(23(30-2)17-20(22)25)31-15-8-14-28-12-6-7-13-28/h17-18H,3-16H2,1-2H3,(H,26,27). The minimum absolute atomic E-state index is 0.675. The molecule has 31 heavy (non-hydrogen) atoms. The third-order valence-corrected chi connectivity index (χ3v) is 6.48. The number of ether oxygens (including phenoxy) is 3. The fourth-order valence-corrected chi connectivity index (χ4v) is 4.84. The lowest BCUT2D eigenvalue weighted by Crippen LogP contribution is -2.21. The zero-order chi connectivity index (χ0) is 21.5. The Morgan fingerprint density at radius 3 is 2.61 bits per heavy atom. The molecule has 2 aliphatic rings. The van der Waals surface area contributed by atoms with Crippen LogP contribution in [0.5, 0.6) is 11.5 Å². The fraction of sp³-hybridized carbons (Fsp3) is 0.640. The second kappa shape index (κ2) is 11.0. The van der Waals surface area contributed by atoms with E-state index in [1.807, 2.05) is 0 Å². The van der Waals surface area contributed by atoms with Gasteiger partial charge in [0.15, 0.2) is 11.5 Å². The molecule has 0 atom stereocenters. The molecule has 1 N–H and O–H groups in total. The molecule has 2 aromatic rings. The fourth-order valence-electron chi connectivity index (χ4n) is 4.84. The minimum Gasteiger partial charge on any atom is -0.493 e. The number of hydrogen-bond donors (Lipinski definition) is 1. The molecule has 1 aliphatic carbocycles. The van der Waals surface area contributed by atoms with Crippen molar-refractivity contribution in [3.63, 3.8) is 0 Å². The smallest absolute Gasteiger partial charge is 0.163 e. The third kappa shape index (κ3) is 5.42. The van der Waals surface area contributed by atoms with Gasteiger partial charge in [-0.15, -0.1) is 0 Å². The minimum atomic E-state index is 0.675. The number of nitrogens with one attached hydrogen (secondary N) is 1. The van der Waals surface area contributed by atoms with E-state index in [1.165, 1.54) is 62.1 Å². The zero-order valence-corrected chi connectivity index (χ0v) is 19.2. The second-order valence-corrected chi connectivity index (χ2v) is 8.66. The Morgan fingerprint density at radius 1 is 0.968 bits per heavy atom. The van der Waals surface area contributed by atoms with Gasteiger partial charge in [-0.25, -0.2) is 0 Å². The summed E-state index contributed by atoms with van der Waals surface area (Å²) in [6, 6.07) is 4.16. The number of pyridine rings is 1. The molecule has 6 heteroatoms. The summed E-state index contributed by atoms with van der Waals surface area (Å²) in [7, 11) is 3.45. The molecule has 1 aromatic heterocycles. The molecule has 1 fully saturated rings. The predicted octanol–water partition coefficient (Wildman–Crippen LogP) is 4.44. The second-order valence-electron chi connectivity index (χ2n) is 8.66. The highest BCUT2D eigenvalue weighted by atomic mass is 16.5. The van der Waals surface area contributed by atoms with Crippen LogP contribution in [0.25, 0.3) is 10.9 Å². The lowest BCUT2D eigenvalue weighted by Gasteiger charge is -2.19. The first-order chi connectivity index (χ1) is 15.3. The number of hydrogen-bond acceptors (Lipinski definition) is 6. The van der Waals surface area contributed by atoms with Crippen LogP contribution in [0.1, 0.15) is 49.8 Å². The molecular weight excluding hydrogens is 390 g/mol. The molecule has 1 saturated heterocycles. The van der Waals surface area contributed by atoms with E-state index < -0.39 is 0 Å². The summed E-state index contributed by atoms with van der Waals surface area (Å²) in [5.74, 6) is 1.57. The van der Waals surface area contributed by atoms with Crippen molar-refractivity contribution in [2.45, 2.75) is 51.4 Å². The third-order valence-electron chi connectivity index (χ3n) is 6.48. The Labute approximate surface area is 186 Å². The Bertz CT molecular complexity index is 865. The van der Waals surface area contributed by atoms with Crippen LogP contribution in [0.3, 0.4) is 0 Å². The van der Waals surface area contributed by atoms with Crippen molar-refractivity contribution >= 4 is 16.6 Å². The summed E-state index contributed by atoms with van der Waals surface area (Å²) in [5, 5.41) is 4.74. The Morgan fingerprint density at radius 2 is 1.81 bits per heavy atom. The highest BCUT2D eigenvalue weighted by Gasteiger charge is 2.19. The Balaban J connectivity index is 1.59. The summed E-state index contributed by atoms with van der Waals surface area (Å²) in [4.78, 5) is 7.60. The van der Waals surface area contributed by atoms with Crippen molar-refractivity contribution < 1.29 is 14.2 Å². The van der Waals surface area contributed by atoms with Gasteiger partial charge in [0.05, 0.1) is 25.8 Å². The maximum atomic E-state index is 6.17. The van der Waals surface area contributed by atoms with Gasteiger partial charge < -0.3 is 24.4 Å². The van der Waals surface area contributed by atoms with Crippen LogP contribution in [0, 0.1) is 0 Å². The van der Waals surface area contributed by atoms with E-state index in [0.29, 0.717) is 13.2 Å². The normalized spacial score (nSPS) is 16.8. The van der Waals surface area contributed by atoms with E-state index in [0.717, 1.165) is 54.8 Å². The van der Waals surface area contributed by atoms with Crippen molar-refractivity contribution in [3.05, 3.63) is 23.4 Å². The molecule has 0 amide bonds. The molecular formula is C25H37N3O3. The van der Waals surface area contributed by atoms with E-state index >= 15 is 0 Å². The van der Waals surface area contributed by atoms with E-state index in [-0.39, 0.29) is 0 Å². The van der Waals surface area contributed by atoms with Crippen LogP contribution in [0.15, 0.2) is 12.1 Å². The number of rotatable bonds is 10. The van der Waals surface area contributed by atoms with Gasteiger partial charge in [0, 0.05) is 43.0 Å². The molecule has 6 nitrogen and oxygen atoms in total. The van der Waals surface area contributed by atoms with Gasteiger partial charge in [0.2, 0.25) is 0 Å². The summed E-state index contributed by atoms with van der Waals surface area (Å²) in [5.41, 5.74) is 4.77. The van der Waals surface area contributed by atoms with Gasteiger partial charge in [-0.05, 0) is 69.7 Å². The van der Waals surface area contributed by atoms with Gasteiger partial charge in [0.25, 0.3) is 0 Å². The van der Waals surface area contributed by atoms with Crippen molar-refractivity contribution in [2.75, 3.05) is 58.9 Å². The van der Waals surface area contributed by atoms with Crippen molar-refractivity contribution in [1.82, 2.24) is 9.88 Å². The number of benzene rings is 1. The number of nitrogens with zero attached hydrogens (tertiary/aromatic N) is 2. The maximum absolute atomic E-state index is 6.17. The molecule has 170 valence electrons. The first kappa shape index (κ1) is 22.2. The number of likely N-dealkylation sites (tertiary alicyclic amines) is 1. The summed E-state index contributed by atoms with van der Waals surface area (Å²) >= 11 is 0.